The van der Waals surface area contributed by atoms with Crippen molar-refractivity contribution in [2.45, 2.75) is 11.6 Å². The smallest absolute Gasteiger partial charge is 0.297 e. The number of carbonyl (C=O) groups is 2. The minimum absolute atomic E-state index is 0.429. The number of fused-ring (bicyclic) bond motifs is 1. The van der Waals surface area contributed by atoms with Gasteiger partial charge in [0.15, 0.2) is 0 Å². The van der Waals surface area contributed by atoms with Gasteiger partial charge >= 0.3 is 12.1 Å². The van der Waals surface area contributed by atoms with Gasteiger partial charge in [-0.1, -0.05) is 0 Å². The zero-order chi connectivity index (χ0) is 10.7. The van der Waals surface area contributed by atoms with Gasteiger partial charge in [0, 0.05) is 14.1 Å². The first kappa shape index (κ1) is 9.03. The summed E-state index contributed by atoms with van der Waals surface area (Å²) in [6.45, 7) is 0. The van der Waals surface area contributed by atoms with Gasteiger partial charge in [-0.25, -0.2) is 9.59 Å². The van der Waals surface area contributed by atoms with Crippen molar-refractivity contribution in [3.63, 3.8) is 0 Å². The van der Waals surface area contributed by atoms with Crippen LogP contribution in [0.1, 0.15) is 0 Å². The van der Waals surface area contributed by atoms with E-state index in [0.717, 1.165) is 9.80 Å². The Balaban J connectivity index is 2.51. The molecule has 4 amide bonds. The van der Waals surface area contributed by atoms with Crippen LogP contribution in [0, 0.1) is 0 Å². The van der Waals surface area contributed by atoms with Crippen LogP contribution in [0.2, 0.25) is 0 Å². The van der Waals surface area contributed by atoms with Crippen LogP contribution < -0.4 is 22.1 Å². The van der Waals surface area contributed by atoms with E-state index in [1.807, 2.05) is 0 Å². The molecule has 0 saturated carbocycles. The Labute approximate surface area is 80.2 Å². The summed E-state index contributed by atoms with van der Waals surface area (Å²) in [6, 6.07) is -0.858. The zero-order valence-corrected chi connectivity index (χ0v) is 7.87. The quantitative estimate of drug-likeness (QED) is 0.346. The summed E-state index contributed by atoms with van der Waals surface area (Å²) >= 11 is 0. The molecule has 6 N–H and O–H groups in total. The lowest BCUT2D eigenvalue weighted by Gasteiger charge is -2.36. The van der Waals surface area contributed by atoms with Gasteiger partial charge < -0.3 is 0 Å². The Morgan fingerprint density at radius 3 is 1.57 bits per heavy atom. The molecule has 0 aliphatic carbocycles. The van der Waals surface area contributed by atoms with Crippen LogP contribution in [0.15, 0.2) is 0 Å². The lowest BCUT2D eigenvalue weighted by atomic mass is 10.2. The van der Waals surface area contributed by atoms with Crippen molar-refractivity contribution < 1.29 is 9.59 Å². The molecule has 2 atom stereocenters. The molecule has 2 unspecified atom stereocenters. The fourth-order valence-electron chi connectivity index (χ4n) is 1.68. The Hall–Kier alpha value is -1.54. The van der Waals surface area contributed by atoms with E-state index in [1.165, 1.54) is 14.1 Å². The number of rotatable bonds is 0. The Kier molecular flexibility index (Phi) is 1.35. The minimum Gasteiger partial charge on any atom is -0.297 e. The number of likely N-dealkylation sites (N-methyl/N-ethyl adjacent to an activating group) is 2. The number of urea groups is 2. The predicted octanol–water partition coefficient (Wildman–Crippen LogP) is -2.48. The van der Waals surface area contributed by atoms with E-state index in [1.54, 1.807) is 0 Å². The van der Waals surface area contributed by atoms with Crippen molar-refractivity contribution >= 4 is 12.1 Å². The summed E-state index contributed by atoms with van der Waals surface area (Å²) in [5.74, 6) is -2.81. The van der Waals surface area contributed by atoms with Crippen LogP contribution in [0.4, 0.5) is 9.59 Å². The number of nitrogens with zero attached hydrogens (tertiary/aromatic N) is 2. The molecule has 14 heavy (non-hydrogen) atoms. The third-order valence-electron chi connectivity index (χ3n) is 2.84. The molecule has 2 heterocycles. The van der Waals surface area contributed by atoms with Crippen LogP contribution in [-0.2, 0) is 0 Å². The number of carbonyl (C=O) groups excluding carboxylic acids is 2. The summed E-state index contributed by atoms with van der Waals surface area (Å²) in [5.41, 5.74) is 11.7. The molecule has 8 heteroatoms. The maximum atomic E-state index is 11.3. The highest BCUT2D eigenvalue weighted by Crippen LogP contribution is 2.30. The van der Waals surface area contributed by atoms with Gasteiger partial charge in [-0.3, -0.25) is 31.9 Å². The van der Waals surface area contributed by atoms with Crippen LogP contribution in [-0.4, -0.2) is 47.5 Å². The van der Waals surface area contributed by atoms with Crippen molar-refractivity contribution in [2.75, 3.05) is 14.1 Å². The monoisotopic (exact) mass is 200 g/mol. The van der Waals surface area contributed by atoms with Crippen molar-refractivity contribution in [2.24, 2.45) is 11.5 Å². The molecule has 2 rings (SSSR count). The standard InChI is InChI=1S/C6H12N6O2/c1-11-3(13)9-6(8)5(11,7)10-4(14)12(6)2/h7-8H2,1-2H3,(H,9,13)(H,10,14). The minimum atomic E-state index is -1.41. The molecule has 78 valence electrons. The first-order valence-electron chi connectivity index (χ1n) is 4.02. The number of amides is 4. The largest absolute Gasteiger partial charge is 0.323 e. The molecule has 2 aliphatic heterocycles. The van der Waals surface area contributed by atoms with E-state index in [0.29, 0.717) is 0 Å². The second-order valence-corrected chi connectivity index (χ2v) is 3.51. The second kappa shape index (κ2) is 2.10. The van der Waals surface area contributed by atoms with Gasteiger partial charge in [-0.05, 0) is 0 Å². The summed E-state index contributed by atoms with van der Waals surface area (Å²) in [4.78, 5) is 25.0. The van der Waals surface area contributed by atoms with E-state index in [-0.39, 0.29) is 0 Å². The number of nitrogens with two attached hydrogens (primary N) is 2. The van der Waals surface area contributed by atoms with E-state index in [9.17, 15) is 9.59 Å². The van der Waals surface area contributed by atoms with Gasteiger partial charge in [-0.2, -0.15) is 0 Å². The van der Waals surface area contributed by atoms with Crippen molar-refractivity contribution in [3.05, 3.63) is 0 Å². The van der Waals surface area contributed by atoms with E-state index < -0.39 is 23.6 Å². The highest BCUT2D eigenvalue weighted by molar-refractivity contribution is 5.87. The first-order chi connectivity index (χ1) is 6.33. The van der Waals surface area contributed by atoms with Crippen molar-refractivity contribution in [1.29, 1.82) is 0 Å². The molecule has 0 aromatic heterocycles. The second-order valence-electron chi connectivity index (χ2n) is 3.51. The predicted molar refractivity (Wildman–Crippen MR) is 46.4 cm³/mol. The lowest BCUT2D eigenvalue weighted by molar-refractivity contribution is 0.0651. The molecular formula is C6H12N6O2. The van der Waals surface area contributed by atoms with Gasteiger partial charge in [0.05, 0.1) is 0 Å². The van der Waals surface area contributed by atoms with Crippen LogP contribution >= 0.6 is 0 Å². The fourth-order valence-corrected chi connectivity index (χ4v) is 1.68. The maximum Gasteiger partial charge on any atom is 0.323 e. The number of nitrogens with one attached hydrogen (secondary N) is 2. The van der Waals surface area contributed by atoms with E-state index in [4.69, 9.17) is 11.5 Å². The van der Waals surface area contributed by atoms with Crippen molar-refractivity contribution in [3.8, 4) is 0 Å². The van der Waals surface area contributed by atoms with Gasteiger partial charge in [0.1, 0.15) is 0 Å². The average Bonchev–Trinajstić information content (AvgIpc) is 2.37. The highest BCUT2D eigenvalue weighted by atomic mass is 16.2. The number of hydrogen-bond donors (Lipinski definition) is 4. The Morgan fingerprint density at radius 2 is 1.29 bits per heavy atom. The summed E-state index contributed by atoms with van der Waals surface area (Å²) in [5, 5.41) is 4.89. The van der Waals surface area contributed by atoms with Crippen LogP contribution in [0.25, 0.3) is 0 Å². The number of hydrogen-bond acceptors (Lipinski definition) is 4. The molecule has 8 nitrogen and oxygen atoms in total. The summed E-state index contributed by atoms with van der Waals surface area (Å²) in [7, 11) is 2.92. The Morgan fingerprint density at radius 1 is 1.00 bits per heavy atom. The van der Waals surface area contributed by atoms with Crippen LogP contribution in [0.5, 0.6) is 0 Å². The molecule has 2 fully saturated rings. The average molecular weight is 200 g/mol. The first-order valence-corrected chi connectivity index (χ1v) is 4.02. The third kappa shape index (κ3) is 0.667. The molecule has 0 aromatic rings. The topological polar surface area (TPSA) is 117 Å². The maximum absolute atomic E-state index is 11.3. The van der Waals surface area contributed by atoms with Gasteiger partial charge in [0.25, 0.3) is 0 Å². The molecule has 2 saturated heterocycles. The highest BCUT2D eigenvalue weighted by Gasteiger charge is 2.67. The molecule has 0 radical (unpaired) electrons. The normalized spacial score (nSPS) is 41.1. The third-order valence-corrected chi connectivity index (χ3v) is 2.84. The summed E-state index contributed by atoms with van der Waals surface area (Å²) in [6.07, 6.45) is 0. The van der Waals surface area contributed by atoms with Gasteiger partial charge in [0.2, 0.25) is 11.6 Å². The van der Waals surface area contributed by atoms with E-state index in [2.05, 4.69) is 10.6 Å². The van der Waals surface area contributed by atoms with E-state index >= 15 is 0 Å². The summed E-state index contributed by atoms with van der Waals surface area (Å²) < 4.78 is 0. The molecule has 0 spiro atoms. The Bertz CT molecular complexity index is 300. The molecular weight excluding hydrogens is 188 g/mol. The SMILES string of the molecule is CN1C(=O)NC2(N)N(C)C(=O)NC12N. The van der Waals surface area contributed by atoms with Crippen molar-refractivity contribution in [1.82, 2.24) is 20.4 Å². The molecule has 2 aliphatic rings. The lowest BCUT2D eigenvalue weighted by Crippen LogP contribution is -2.76. The zero-order valence-electron chi connectivity index (χ0n) is 7.87. The fraction of sp³-hybridized carbons (Fsp3) is 0.667. The van der Waals surface area contributed by atoms with Crippen LogP contribution in [0.3, 0.4) is 0 Å². The molecule has 0 aromatic carbocycles. The molecule has 0 bridgehead atoms. The van der Waals surface area contributed by atoms with Gasteiger partial charge in [-0.15, -0.1) is 0 Å².